The van der Waals surface area contributed by atoms with Gasteiger partial charge in [0, 0.05) is 19.3 Å². The van der Waals surface area contributed by atoms with Crippen molar-refractivity contribution in [2.24, 2.45) is 7.05 Å². The molecule has 1 saturated carbocycles. The maximum absolute atomic E-state index is 4.31. The van der Waals surface area contributed by atoms with Crippen molar-refractivity contribution in [3.8, 4) is 0 Å². The number of hydrogen-bond donors (Lipinski definition) is 1. The molecular weight excluding hydrogens is 188 g/mol. The molecule has 1 aliphatic carbocycles. The fourth-order valence-electron chi connectivity index (χ4n) is 1.94. The van der Waals surface area contributed by atoms with Crippen LogP contribution < -0.4 is 5.32 Å². The topological polar surface area (TPSA) is 42.7 Å². The first-order valence-electron chi connectivity index (χ1n) is 5.37. The first kappa shape index (κ1) is 8.71. The zero-order valence-electron chi connectivity index (χ0n) is 8.77. The van der Waals surface area contributed by atoms with E-state index in [1.54, 1.807) is 6.33 Å². The molecule has 1 aliphatic rings. The van der Waals surface area contributed by atoms with E-state index >= 15 is 0 Å². The first-order chi connectivity index (χ1) is 7.34. The zero-order valence-corrected chi connectivity index (χ0v) is 8.77. The smallest absolute Gasteiger partial charge is 0.145 e. The van der Waals surface area contributed by atoms with E-state index in [9.17, 15) is 0 Å². The molecule has 0 bridgehead atoms. The molecular formula is C11H14N4. The molecule has 3 rings (SSSR count). The maximum Gasteiger partial charge on any atom is 0.145 e. The maximum atomic E-state index is 4.31. The number of hydrogen-bond acceptors (Lipinski definition) is 3. The Morgan fingerprint density at radius 3 is 3.00 bits per heavy atom. The van der Waals surface area contributed by atoms with Gasteiger partial charge in [0.2, 0.25) is 0 Å². The summed E-state index contributed by atoms with van der Waals surface area (Å²) in [7, 11) is 2.00. The van der Waals surface area contributed by atoms with Crippen molar-refractivity contribution in [1.82, 2.24) is 14.5 Å². The molecule has 0 aliphatic heterocycles. The predicted molar refractivity (Wildman–Crippen MR) is 59.8 cm³/mol. The van der Waals surface area contributed by atoms with Crippen LogP contribution in [0.25, 0.3) is 11.0 Å². The number of nitrogens with one attached hydrogen (secondary N) is 1. The average Bonchev–Trinajstić information content (AvgIpc) is 2.55. The Morgan fingerprint density at radius 2 is 2.27 bits per heavy atom. The summed E-state index contributed by atoms with van der Waals surface area (Å²) in [4.78, 5) is 8.57. The van der Waals surface area contributed by atoms with Crippen LogP contribution >= 0.6 is 0 Å². The Bertz CT molecular complexity index is 484. The monoisotopic (exact) mass is 202 g/mol. The molecule has 0 amide bonds. The van der Waals surface area contributed by atoms with Gasteiger partial charge < -0.3 is 9.88 Å². The SMILES string of the molecule is Cn1ccc2c(NC3CCC3)ncnc21. The highest BCUT2D eigenvalue weighted by molar-refractivity contribution is 5.87. The van der Waals surface area contributed by atoms with Gasteiger partial charge in [0.05, 0.1) is 5.39 Å². The number of anilines is 1. The van der Waals surface area contributed by atoms with Gasteiger partial charge in [-0.05, 0) is 25.3 Å². The summed E-state index contributed by atoms with van der Waals surface area (Å²) < 4.78 is 2.02. The molecule has 0 spiro atoms. The second-order valence-electron chi connectivity index (χ2n) is 4.16. The van der Waals surface area contributed by atoms with Crippen molar-refractivity contribution >= 4 is 16.9 Å². The second kappa shape index (κ2) is 3.22. The van der Waals surface area contributed by atoms with E-state index in [4.69, 9.17) is 0 Å². The Kier molecular flexibility index (Phi) is 1.87. The molecule has 1 N–H and O–H groups in total. The Labute approximate surface area is 88.3 Å². The van der Waals surface area contributed by atoms with E-state index < -0.39 is 0 Å². The second-order valence-corrected chi connectivity index (χ2v) is 4.16. The minimum Gasteiger partial charge on any atom is -0.367 e. The van der Waals surface area contributed by atoms with Crippen LogP contribution in [0.2, 0.25) is 0 Å². The fourth-order valence-corrected chi connectivity index (χ4v) is 1.94. The van der Waals surface area contributed by atoms with Gasteiger partial charge in [-0.1, -0.05) is 0 Å². The average molecular weight is 202 g/mol. The number of aryl methyl sites for hydroxylation is 1. The van der Waals surface area contributed by atoms with Crippen LogP contribution in [0.15, 0.2) is 18.6 Å². The quantitative estimate of drug-likeness (QED) is 0.809. The molecule has 2 aromatic rings. The molecule has 0 unspecified atom stereocenters. The normalized spacial score (nSPS) is 16.6. The highest BCUT2D eigenvalue weighted by Gasteiger charge is 2.18. The van der Waals surface area contributed by atoms with E-state index in [1.165, 1.54) is 19.3 Å². The van der Waals surface area contributed by atoms with Crippen LogP contribution in [-0.4, -0.2) is 20.6 Å². The van der Waals surface area contributed by atoms with Crippen LogP contribution in [0.3, 0.4) is 0 Å². The summed E-state index contributed by atoms with van der Waals surface area (Å²) in [6.45, 7) is 0. The summed E-state index contributed by atoms with van der Waals surface area (Å²) in [5.41, 5.74) is 0.992. The highest BCUT2D eigenvalue weighted by atomic mass is 15.1. The molecule has 4 heteroatoms. The summed E-state index contributed by atoms with van der Waals surface area (Å²) in [5.74, 6) is 0.977. The lowest BCUT2D eigenvalue weighted by Crippen LogP contribution is -2.27. The van der Waals surface area contributed by atoms with Crippen LogP contribution in [0.4, 0.5) is 5.82 Å². The molecule has 0 radical (unpaired) electrons. The molecule has 15 heavy (non-hydrogen) atoms. The minimum absolute atomic E-state index is 0.614. The van der Waals surface area contributed by atoms with Crippen molar-refractivity contribution < 1.29 is 0 Å². The first-order valence-corrected chi connectivity index (χ1v) is 5.37. The molecule has 2 heterocycles. The van der Waals surface area contributed by atoms with Gasteiger partial charge in [-0.25, -0.2) is 9.97 Å². The number of fused-ring (bicyclic) bond motifs is 1. The van der Waals surface area contributed by atoms with E-state index in [2.05, 4.69) is 21.4 Å². The van der Waals surface area contributed by atoms with Gasteiger partial charge in [-0.3, -0.25) is 0 Å². The number of rotatable bonds is 2. The summed E-state index contributed by atoms with van der Waals surface area (Å²) in [6, 6.07) is 2.68. The largest absolute Gasteiger partial charge is 0.367 e. The van der Waals surface area contributed by atoms with Gasteiger partial charge in [-0.2, -0.15) is 0 Å². The van der Waals surface area contributed by atoms with Crippen molar-refractivity contribution in [2.75, 3.05) is 5.32 Å². The third kappa shape index (κ3) is 1.37. The summed E-state index contributed by atoms with van der Waals surface area (Å²) in [5, 5.41) is 4.59. The Hall–Kier alpha value is -1.58. The lowest BCUT2D eigenvalue weighted by molar-refractivity contribution is 0.445. The molecule has 1 fully saturated rings. The van der Waals surface area contributed by atoms with Crippen molar-refractivity contribution in [1.29, 1.82) is 0 Å². The lowest BCUT2D eigenvalue weighted by Gasteiger charge is -2.27. The van der Waals surface area contributed by atoms with E-state index in [0.717, 1.165) is 16.9 Å². The summed E-state index contributed by atoms with van der Waals surface area (Å²) >= 11 is 0. The van der Waals surface area contributed by atoms with Crippen molar-refractivity contribution in [3.05, 3.63) is 18.6 Å². The Balaban J connectivity index is 2.01. The third-order valence-corrected chi connectivity index (χ3v) is 3.11. The lowest BCUT2D eigenvalue weighted by atomic mass is 9.93. The van der Waals surface area contributed by atoms with Crippen LogP contribution in [0, 0.1) is 0 Å². The van der Waals surface area contributed by atoms with Gasteiger partial charge >= 0.3 is 0 Å². The van der Waals surface area contributed by atoms with Crippen LogP contribution in [0.5, 0.6) is 0 Å². The zero-order chi connectivity index (χ0) is 10.3. The molecule has 0 aromatic carbocycles. The molecule has 0 saturated heterocycles. The molecule has 4 nitrogen and oxygen atoms in total. The van der Waals surface area contributed by atoms with E-state index in [1.807, 2.05) is 17.8 Å². The fraction of sp³-hybridized carbons (Fsp3) is 0.455. The van der Waals surface area contributed by atoms with Crippen LogP contribution in [-0.2, 0) is 7.05 Å². The highest BCUT2D eigenvalue weighted by Crippen LogP contribution is 2.26. The molecule has 78 valence electrons. The van der Waals surface area contributed by atoms with Crippen molar-refractivity contribution in [2.45, 2.75) is 25.3 Å². The minimum atomic E-state index is 0.614. The number of nitrogens with zero attached hydrogens (tertiary/aromatic N) is 3. The van der Waals surface area contributed by atoms with E-state index in [-0.39, 0.29) is 0 Å². The van der Waals surface area contributed by atoms with Gasteiger partial charge in [0.15, 0.2) is 0 Å². The standard InChI is InChI=1S/C11H14N4/c1-15-6-5-9-10(12-7-13-11(9)15)14-8-3-2-4-8/h5-8H,2-4H2,1H3,(H,12,13,14). The molecule has 0 atom stereocenters. The predicted octanol–water partition coefficient (Wildman–Crippen LogP) is 1.93. The van der Waals surface area contributed by atoms with Gasteiger partial charge in [0.1, 0.15) is 17.8 Å². The van der Waals surface area contributed by atoms with Crippen LogP contribution in [0.1, 0.15) is 19.3 Å². The summed E-state index contributed by atoms with van der Waals surface area (Å²) in [6.07, 6.45) is 7.51. The number of aromatic nitrogens is 3. The van der Waals surface area contributed by atoms with Gasteiger partial charge in [-0.15, -0.1) is 0 Å². The Morgan fingerprint density at radius 1 is 1.40 bits per heavy atom. The third-order valence-electron chi connectivity index (χ3n) is 3.11. The van der Waals surface area contributed by atoms with Crippen molar-refractivity contribution in [3.63, 3.8) is 0 Å². The van der Waals surface area contributed by atoms with Gasteiger partial charge in [0.25, 0.3) is 0 Å². The van der Waals surface area contributed by atoms with E-state index in [0.29, 0.717) is 6.04 Å². The molecule has 2 aromatic heterocycles.